The van der Waals surface area contributed by atoms with Gasteiger partial charge in [-0.05, 0) is 34.9 Å². The molecule has 8 heteroatoms. The van der Waals surface area contributed by atoms with Crippen molar-refractivity contribution < 1.29 is 23.8 Å². The van der Waals surface area contributed by atoms with Gasteiger partial charge in [0, 0.05) is 5.75 Å². The molecule has 0 saturated heterocycles. The molecule has 1 atom stereocenters. The number of rotatable bonds is 10. The second-order valence-electron chi connectivity index (χ2n) is 8.82. The lowest BCUT2D eigenvalue weighted by Crippen LogP contribution is -2.35. The van der Waals surface area contributed by atoms with Crippen LogP contribution in [0.5, 0.6) is 0 Å². The first kappa shape index (κ1) is 26.1. The maximum atomic E-state index is 12.4. The topological polar surface area (TPSA) is 102 Å². The van der Waals surface area contributed by atoms with Gasteiger partial charge in [-0.1, -0.05) is 91.0 Å². The fraction of sp³-hybridized carbons (Fsp3) is 0.129. The van der Waals surface area contributed by atoms with Crippen LogP contribution >= 0.6 is 11.8 Å². The number of thioether (sulfide) groups is 1. The van der Waals surface area contributed by atoms with Crippen molar-refractivity contribution >= 4 is 40.8 Å². The maximum Gasteiger partial charge on any atom is 0.337 e. The Labute approximate surface area is 229 Å². The summed E-state index contributed by atoms with van der Waals surface area (Å²) in [5, 5.41) is 13.1. The molecule has 0 aliphatic rings. The molecule has 0 radical (unpaired) electrons. The fourth-order valence-corrected chi connectivity index (χ4v) is 6.08. The SMILES string of the molecule is COC(=O)c1ccc2nc(NC(CSC(c3ccccc3)(c3ccccc3)c3ccccc3)C(=O)O)oc2c1. The van der Waals surface area contributed by atoms with Crippen LogP contribution in [0.1, 0.15) is 27.0 Å². The predicted octanol–water partition coefficient (Wildman–Crippen LogP) is 6.20. The number of nitrogens with one attached hydrogen (secondary N) is 1. The third-order valence-corrected chi connectivity index (χ3v) is 8.05. The van der Waals surface area contributed by atoms with Crippen LogP contribution in [0.4, 0.5) is 6.01 Å². The third kappa shape index (κ3) is 5.37. The summed E-state index contributed by atoms with van der Waals surface area (Å²) in [6.45, 7) is 0. The molecular formula is C31H26N2O5S. The average Bonchev–Trinajstić information content (AvgIpc) is 3.40. The number of carboxylic acids is 1. The lowest BCUT2D eigenvalue weighted by atomic mass is 9.84. The zero-order chi connectivity index (χ0) is 27.2. The quantitative estimate of drug-likeness (QED) is 0.160. The van der Waals surface area contributed by atoms with Crippen LogP contribution in [0.15, 0.2) is 114 Å². The lowest BCUT2D eigenvalue weighted by molar-refractivity contribution is -0.137. The van der Waals surface area contributed by atoms with Crippen LogP contribution in [-0.2, 0) is 14.3 Å². The van der Waals surface area contributed by atoms with E-state index in [0.29, 0.717) is 16.7 Å². The van der Waals surface area contributed by atoms with E-state index in [1.165, 1.54) is 24.9 Å². The largest absolute Gasteiger partial charge is 0.480 e. The molecule has 5 rings (SSSR count). The summed E-state index contributed by atoms with van der Waals surface area (Å²) in [5.41, 5.74) is 4.27. The molecule has 1 aromatic heterocycles. The minimum absolute atomic E-state index is 0.0600. The number of oxazole rings is 1. The molecule has 0 spiro atoms. The van der Waals surface area contributed by atoms with Gasteiger partial charge in [0.2, 0.25) is 0 Å². The van der Waals surface area contributed by atoms with E-state index >= 15 is 0 Å². The molecule has 0 bridgehead atoms. The number of ether oxygens (including phenoxy) is 1. The van der Waals surface area contributed by atoms with E-state index in [2.05, 4.69) is 46.7 Å². The van der Waals surface area contributed by atoms with Gasteiger partial charge >= 0.3 is 11.9 Å². The molecule has 196 valence electrons. The normalized spacial score (nSPS) is 12.1. The van der Waals surface area contributed by atoms with Crippen molar-refractivity contribution in [3.05, 3.63) is 131 Å². The highest BCUT2D eigenvalue weighted by molar-refractivity contribution is 8.00. The van der Waals surface area contributed by atoms with Crippen molar-refractivity contribution in [2.45, 2.75) is 10.8 Å². The smallest absolute Gasteiger partial charge is 0.337 e. The van der Waals surface area contributed by atoms with Gasteiger partial charge in [-0.15, -0.1) is 11.8 Å². The highest BCUT2D eigenvalue weighted by atomic mass is 32.2. The van der Waals surface area contributed by atoms with E-state index in [0.717, 1.165) is 16.7 Å². The van der Waals surface area contributed by atoms with Gasteiger partial charge in [-0.25, -0.2) is 9.59 Å². The number of carbonyl (C=O) groups excluding carboxylic acids is 1. The van der Waals surface area contributed by atoms with Crippen molar-refractivity contribution in [3.63, 3.8) is 0 Å². The van der Waals surface area contributed by atoms with Crippen LogP contribution in [0.25, 0.3) is 11.1 Å². The molecule has 7 nitrogen and oxygen atoms in total. The number of nitrogens with zero attached hydrogens (tertiary/aromatic N) is 1. The highest BCUT2D eigenvalue weighted by Crippen LogP contribution is 2.48. The van der Waals surface area contributed by atoms with Gasteiger partial charge in [-0.3, -0.25) is 0 Å². The second-order valence-corrected chi connectivity index (χ2v) is 10.1. The molecule has 1 unspecified atom stereocenters. The van der Waals surface area contributed by atoms with Gasteiger partial charge in [-0.2, -0.15) is 4.98 Å². The Balaban J connectivity index is 1.50. The van der Waals surface area contributed by atoms with E-state index in [1.54, 1.807) is 12.1 Å². The summed E-state index contributed by atoms with van der Waals surface area (Å²) in [6.07, 6.45) is 0. The predicted molar refractivity (Wildman–Crippen MR) is 152 cm³/mol. The van der Waals surface area contributed by atoms with Crippen molar-refractivity contribution in [2.24, 2.45) is 0 Å². The van der Waals surface area contributed by atoms with Crippen molar-refractivity contribution in [2.75, 3.05) is 18.2 Å². The number of hydrogen-bond donors (Lipinski definition) is 2. The third-order valence-electron chi connectivity index (χ3n) is 6.41. The molecule has 5 aromatic rings. The summed E-state index contributed by atoms with van der Waals surface area (Å²) >= 11 is 1.53. The molecule has 39 heavy (non-hydrogen) atoms. The van der Waals surface area contributed by atoms with Gasteiger partial charge in [0.15, 0.2) is 5.58 Å². The van der Waals surface area contributed by atoms with E-state index in [9.17, 15) is 14.7 Å². The second kappa shape index (κ2) is 11.4. The summed E-state index contributed by atoms with van der Waals surface area (Å²) in [7, 11) is 1.30. The van der Waals surface area contributed by atoms with Crippen LogP contribution < -0.4 is 5.32 Å². The lowest BCUT2D eigenvalue weighted by Gasteiger charge is -2.36. The van der Waals surface area contributed by atoms with Gasteiger partial charge < -0.3 is 19.6 Å². The van der Waals surface area contributed by atoms with Crippen molar-refractivity contribution in [1.29, 1.82) is 0 Å². The molecule has 0 aliphatic heterocycles. The number of esters is 1. The minimum atomic E-state index is -1.04. The van der Waals surface area contributed by atoms with Crippen LogP contribution in [-0.4, -0.2) is 40.9 Å². The molecule has 4 aromatic carbocycles. The number of anilines is 1. The number of aliphatic carboxylic acids is 1. The fourth-order valence-electron chi connectivity index (χ4n) is 4.53. The Morgan fingerprint density at radius 3 is 1.92 bits per heavy atom. The molecule has 0 fully saturated rings. The van der Waals surface area contributed by atoms with Crippen LogP contribution in [0, 0.1) is 0 Å². The minimum Gasteiger partial charge on any atom is -0.480 e. The molecule has 0 amide bonds. The number of carbonyl (C=O) groups is 2. The number of fused-ring (bicyclic) bond motifs is 1. The number of aromatic nitrogens is 1. The zero-order valence-corrected chi connectivity index (χ0v) is 21.9. The van der Waals surface area contributed by atoms with Gasteiger partial charge in [0.1, 0.15) is 11.6 Å². The Kier molecular flexibility index (Phi) is 7.65. The van der Waals surface area contributed by atoms with Gasteiger partial charge in [0.25, 0.3) is 6.01 Å². The molecule has 0 saturated carbocycles. The number of carboxylic acid groups (broad SMARTS) is 1. The van der Waals surface area contributed by atoms with Crippen molar-refractivity contribution in [3.8, 4) is 0 Å². The molecule has 2 N–H and O–H groups in total. The summed E-state index contributed by atoms with van der Waals surface area (Å²) in [6, 6.07) is 34.0. The van der Waals surface area contributed by atoms with E-state index in [1.807, 2.05) is 54.6 Å². The summed E-state index contributed by atoms with van der Waals surface area (Å²) < 4.78 is 9.86. The highest BCUT2D eigenvalue weighted by Gasteiger charge is 2.38. The van der Waals surface area contributed by atoms with E-state index < -0.39 is 22.7 Å². The molecule has 1 heterocycles. The maximum absolute atomic E-state index is 12.4. The average molecular weight is 539 g/mol. The first-order valence-electron chi connectivity index (χ1n) is 12.3. The molecular weight excluding hydrogens is 512 g/mol. The van der Waals surface area contributed by atoms with E-state index in [-0.39, 0.29) is 11.8 Å². The van der Waals surface area contributed by atoms with E-state index in [4.69, 9.17) is 9.15 Å². The Hall–Kier alpha value is -4.56. The standard InChI is InChI=1S/C31H26N2O5S/c1-37-29(36)21-17-18-25-27(19-21)38-30(32-25)33-26(28(34)35)20-39-31(22-11-5-2-6-12-22,23-13-7-3-8-14-23)24-15-9-4-10-16-24/h2-19,26H,20H2,1H3,(H,32,33)(H,34,35). The van der Waals surface area contributed by atoms with Crippen LogP contribution in [0.2, 0.25) is 0 Å². The number of benzene rings is 4. The first-order valence-corrected chi connectivity index (χ1v) is 13.3. The Morgan fingerprint density at radius 2 is 1.44 bits per heavy atom. The Bertz CT molecular complexity index is 1480. The summed E-state index contributed by atoms with van der Waals surface area (Å²) in [4.78, 5) is 28.7. The summed E-state index contributed by atoms with van der Waals surface area (Å²) in [5.74, 6) is -1.34. The first-order chi connectivity index (χ1) is 19.0. The zero-order valence-electron chi connectivity index (χ0n) is 21.1. The Morgan fingerprint density at radius 1 is 0.897 bits per heavy atom. The van der Waals surface area contributed by atoms with Gasteiger partial charge in [0.05, 0.1) is 17.4 Å². The molecule has 0 aliphatic carbocycles. The van der Waals surface area contributed by atoms with Crippen LogP contribution in [0.3, 0.4) is 0 Å². The van der Waals surface area contributed by atoms with Crippen molar-refractivity contribution in [1.82, 2.24) is 4.98 Å². The number of hydrogen-bond acceptors (Lipinski definition) is 7. The number of methoxy groups -OCH3 is 1. The monoisotopic (exact) mass is 538 g/mol.